The zero-order chi connectivity index (χ0) is 13.6. The zero-order valence-corrected chi connectivity index (χ0v) is 11.5. The van der Waals surface area contributed by atoms with Crippen LogP contribution in [0, 0.1) is 0 Å². The molecule has 2 N–H and O–H groups in total. The molecule has 4 heteroatoms. The summed E-state index contributed by atoms with van der Waals surface area (Å²) in [6.07, 6.45) is 5.33. The quantitative estimate of drug-likeness (QED) is 0.930. The van der Waals surface area contributed by atoms with Gasteiger partial charge in [-0.3, -0.25) is 0 Å². The third-order valence-electron chi connectivity index (χ3n) is 4.77. The van der Waals surface area contributed by atoms with Crippen molar-refractivity contribution < 1.29 is 4.52 Å². The van der Waals surface area contributed by atoms with Gasteiger partial charge in [-0.05, 0) is 37.7 Å². The highest BCUT2D eigenvalue weighted by Gasteiger charge is 2.50. The molecule has 4 nitrogen and oxygen atoms in total. The van der Waals surface area contributed by atoms with Crippen LogP contribution in [0.25, 0.3) is 0 Å². The van der Waals surface area contributed by atoms with Crippen molar-refractivity contribution in [3.05, 3.63) is 47.6 Å². The molecule has 0 saturated heterocycles. The molecular formula is C16H19N3O. The molecular weight excluding hydrogens is 250 g/mol. The maximum Gasteiger partial charge on any atom is 0.229 e. The summed E-state index contributed by atoms with van der Waals surface area (Å²) >= 11 is 0. The number of rotatable bonds is 3. The maximum absolute atomic E-state index is 5.97. The van der Waals surface area contributed by atoms with E-state index in [2.05, 4.69) is 29.4 Å². The number of nitrogens with two attached hydrogens (primary N) is 1. The molecule has 0 bridgehead atoms. The summed E-state index contributed by atoms with van der Waals surface area (Å²) in [6.45, 7) is 0. The van der Waals surface area contributed by atoms with E-state index in [4.69, 9.17) is 15.2 Å². The molecule has 0 spiro atoms. The number of hydrogen-bond donors (Lipinski definition) is 1. The van der Waals surface area contributed by atoms with Crippen LogP contribution in [0.2, 0.25) is 0 Å². The summed E-state index contributed by atoms with van der Waals surface area (Å²) in [5, 5.41) is 4.27. The van der Waals surface area contributed by atoms with Crippen LogP contribution in [-0.2, 0) is 5.41 Å². The monoisotopic (exact) mass is 269 g/mol. The smallest absolute Gasteiger partial charge is 0.229 e. The lowest BCUT2D eigenvalue weighted by Gasteiger charge is -2.10. The van der Waals surface area contributed by atoms with E-state index in [0.717, 1.165) is 43.8 Å². The Morgan fingerprint density at radius 3 is 2.60 bits per heavy atom. The van der Waals surface area contributed by atoms with Crippen LogP contribution in [0.5, 0.6) is 0 Å². The summed E-state index contributed by atoms with van der Waals surface area (Å²) in [4.78, 5) is 4.70. The number of aromatic nitrogens is 2. The molecule has 1 aromatic carbocycles. The highest BCUT2D eigenvalue weighted by atomic mass is 16.5. The van der Waals surface area contributed by atoms with E-state index in [9.17, 15) is 0 Å². The van der Waals surface area contributed by atoms with Crippen LogP contribution in [0.1, 0.15) is 55.3 Å². The van der Waals surface area contributed by atoms with Crippen molar-refractivity contribution in [2.24, 2.45) is 5.73 Å². The van der Waals surface area contributed by atoms with Crippen molar-refractivity contribution in [2.45, 2.75) is 49.5 Å². The first-order chi connectivity index (χ1) is 9.78. The van der Waals surface area contributed by atoms with Crippen molar-refractivity contribution in [2.75, 3.05) is 0 Å². The van der Waals surface area contributed by atoms with Crippen LogP contribution in [-0.4, -0.2) is 16.2 Å². The molecule has 4 rings (SSSR count). The predicted octanol–water partition coefficient (Wildman–Crippen LogP) is 2.74. The highest BCUT2D eigenvalue weighted by Crippen LogP contribution is 2.52. The molecule has 2 atom stereocenters. The van der Waals surface area contributed by atoms with Crippen molar-refractivity contribution in [3.63, 3.8) is 0 Å². The minimum Gasteiger partial charge on any atom is -0.339 e. The van der Waals surface area contributed by atoms with Gasteiger partial charge in [0.25, 0.3) is 0 Å². The molecule has 0 radical (unpaired) electrons. The molecule has 1 heterocycles. The van der Waals surface area contributed by atoms with E-state index in [0.29, 0.717) is 12.0 Å². The molecule has 1 aromatic heterocycles. The summed E-state index contributed by atoms with van der Waals surface area (Å²) in [7, 11) is 0. The largest absolute Gasteiger partial charge is 0.339 e. The standard InChI is InChI=1S/C16H19N3O/c17-13-7-6-11(10-13)14-18-15(19-20-14)16(8-9-16)12-4-2-1-3-5-12/h1-5,11,13H,6-10,17H2. The second kappa shape index (κ2) is 4.42. The number of hydrogen-bond acceptors (Lipinski definition) is 4. The van der Waals surface area contributed by atoms with Crippen molar-refractivity contribution >= 4 is 0 Å². The lowest BCUT2D eigenvalue weighted by molar-refractivity contribution is 0.347. The maximum atomic E-state index is 5.97. The first kappa shape index (κ1) is 12.1. The highest BCUT2D eigenvalue weighted by molar-refractivity contribution is 5.38. The predicted molar refractivity (Wildman–Crippen MR) is 75.3 cm³/mol. The Morgan fingerprint density at radius 1 is 1.15 bits per heavy atom. The van der Waals surface area contributed by atoms with E-state index < -0.39 is 0 Å². The molecule has 2 saturated carbocycles. The van der Waals surface area contributed by atoms with E-state index >= 15 is 0 Å². The average molecular weight is 269 g/mol. The second-order valence-corrected chi connectivity index (χ2v) is 6.17. The fourth-order valence-electron chi connectivity index (χ4n) is 3.36. The lowest BCUT2D eigenvalue weighted by atomic mass is 9.95. The fraction of sp³-hybridized carbons (Fsp3) is 0.500. The van der Waals surface area contributed by atoms with Gasteiger partial charge in [0.2, 0.25) is 5.89 Å². The van der Waals surface area contributed by atoms with Crippen molar-refractivity contribution in [3.8, 4) is 0 Å². The van der Waals surface area contributed by atoms with Gasteiger partial charge in [-0.2, -0.15) is 4.98 Å². The zero-order valence-electron chi connectivity index (χ0n) is 11.5. The van der Waals surface area contributed by atoms with E-state index in [1.165, 1.54) is 5.56 Å². The fourth-order valence-corrected chi connectivity index (χ4v) is 3.36. The Hall–Kier alpha value is -1.68. The van der Waals surface area contributed by atoms with Gasteiger partial charge in [0.1, 0.15) is 0 Å². The molecule has 20 heavy (non-hydrogen) atoms. The first-order valence-electron chi connectivity index (χ1n) is 7.43. The summed E-state index contributed by atoms with van der Waals surface area (Å²) < 4.78 is 5.53. The van der Waals surface area contributed by atoms with Gasteiger partial charge in [-0.1, -0.05) is 35.5 Å². The SMILES string of the molecule is NC1CCC(c2nc(C3(c4ccccc4)CC3)no2)C1. The van der Waals surface area contributed by atoms with Gasteiger partial charge in [0, 0.05) is 12.0 Å². The van der Waals surface area contributed by atoms with Crippen LogP contribution in [0.15, 0.2) is 34.9 Å². The van der Waals surface area contributed by atoms with E-state index in [-0.39, 0.29) is 5.41 Å². The second-order valence-electron chi connectivity index (χ2n) is 6.17. The molecule has 0 amide bonds. The molecule has 0 aliphatic heterocycles. The van der Waals surface area contributed by atoms with Crippen LogP contribution in [0.4, 0.5) is 0 Å². The van der Waals surface area contributed by atoms with Crippen molar-refractivity contribution in [1.82, 2.24) is 10.1 Å². The first-order valence-corrected chi connectivity index (χ1v) is 7.43. The average Bonchev–Trinajstić information content (AvgIpc) is 2.93. The van der Waals surface area contributed by atoms with Gasteiger partial charge in [-0.15, -0.1) is 0 Å². The van der Waals surface area contributed by atoms with Gasteiger partial charge in [0.15, 0.2) is 5.82 Å². The molecule has 2 aliphatic carbocycles. The van der Waals surface area contributed by atoms with Gasteiger partial charge in [0.05, 0.1) is 5.41 Å². The molecule has 2 unspecified atom stereocenters. The number of nitrogens with zero attached hydrogens (tertiary/aromatic N) is 2. The Labute approximate surface area is 118 Å². The Kier molecular flexibility index (Phi) is 2.67. The Morgan fingerprint density at radius 2 is 1.95 bits per heavy atom. The van der Waals surface area contributed by atoms with Crippen molar-refractivity contribution in [1.29, 1.82) is 0 Å². The van der Waals surface area contributed by atoms with Gasteiger partial charge in [-0.25, -0.2) is 0 Å². The molecule has 2 aromatic rings. The van der Waals surface area contributed by atoms with Crippen LogP contribution < -0.4 is 5.73 Å². The minimum atomic E-state index is 0.00370. The van der Waals surface area contributed by atoms with E-state index in [1.54, 1.807) is 0 Å². The van der Waals surface area contributed by atoms with Gasteiger partial charge >= 0.3 is 0 Å². The molecule has 2 aliphatic rings. The lowest BCUT2D eigenvalue weighted by Crippen LogP contribution is -2.14. The third-order valence-corrected chi connectivity index (χ3v) is 4.77. The Bertz CT molecular complexity index is 603. The molecule has 2 fully saturated rings. The number of benzene rings is 1. The third kappa shape index (κ3) is 1.86. The summed E-state index contributed by atoms with van der Waals surface area (Å²) in [5.74, 6) is 2.01. The molecule has 104 valence electrons. The Balaban J connectivity index is 1.62. The summed E-state index contributed by atoms with van der Waals surface area (Å²) in [6, 6.07) is 10.8. The van der Waals surface area contributed by atoms with Crippen LogP contribution in [0.3, 0.4) is 0 Å². The normalized spacial score (nSPS) is 27.6. The summed E-state index contributed by atoms with van der Waals surface area (Å²) in [5.41, 5.74) is 7.27. The minimum absolute atomic E-state index is 0.00370. The van der Waals surface area contributed by atoms with Crippen LogP contribution >= 0.6 is 0 Å². The van der Waals surface area contributed by atoms with E-state index in [1.807, 2.05) is 6.07 Å². The van der Waals surface area contributed by atoms with Gasteiger partial charge < -0.3 is 10.3 Å². The topological polar surface area (TPSA) is 64.9 Å².